The third kappa shape index (κ3) is 5.89. The molecule has 1 unspecified atom stereocenters. The van der Waals surface area contributed by atoms with E-state index in [1.807, 2.05) is 18.2 Å². The summed E-state index contributed by atoms with van der Waals surface area (Å²) in [5.74, 6) is -0.444. The summed E-state index contributed by atoms with van der Waals surface area (Å²) in [7, 11) is 0. The second-order valence-electron chi connectivity index (χ2n) is 12.0. The molecule has 2 saturated heterocycles. The molecule has 11 nitrogen and oxygen atoms in total. The van der Waals surface area contributed by atoms with E-state index in [1.165, 1.54) is 17.2 Å². The molecule has 0 bridgehead atoms. The monoisotopic (exact) mass is 593 g/mol. The predicted octanol–water partition coefficient (Wildman–Crippen LogP) is 3.72. The number of aromatic nitrogens is 1. The lowest BCUT2D eigenvalue weighted by Crippen LogP contribution is -2.41. The van der Waals surface area contributed by atoms with Gasteiger partial charge in [0.2, 0.25) is 5.43 Å². The number of carbonyl (C=O) groups is 2. The van der Waals surface area contributed by atoms with Crippen LogP contribution in [0.4, 0.5) is 14.9 Å². The molecule has 2 fully saturated rings. The van der Waals surface area contributed by atoms with E-state index >= 15 is 4.39 Å². The molecule has 3 aliphatic rings. The van der Waals surface area contributed by atoms with Crippen molar-refractivity contribution >= 4 is 28.6 Å². The number of alkyl carbamates (subject to hydrolysis) is 1. The summed E-state index contributed by atoms with van der Waals surface area (Å²) in [4.78, 5) is 43.5. The normalized spacial score (nSPS) is 18.2. The molecule has 0 radical (unpaired) electrons. The number of para-hydroxylation sites is 2. The van der Waals surface area contributed by atoms with Crippen molar-refractivity contribution in [2.45, 2.75) is 38.8 Å². The Balaban J connectivity index is 1.31. The van der Waals surface area contributed by atoms with Gasteiger partial charge in [-0.2, -0.15) is 0 Å². The van der Waals surface area contributed by atoms with E-state index in [4.69, 9.17) is 14.2 Å². The van der Waals surface area contributed by atoms with Gasteiger partial charge in [0, 0.05) is 45.5 Å². The molecule has 2 amide bonds. The third-order valence-electron chi connectivity index (χ3n) is 7.79. The minimum Gasteiger partial charge on any atom is -0.451 e. The summed E-state index contributed by atoms with van der Waals surface area (Å²) < 4.78 is 34.4. The topological polar surface area (TPSA) is 114 Å². The number of hydrogen-bond acceptors (Lipinski definition) is 8. The summed E-state index contributed by atoms with van der Waals surface area (Å²) in [6.45, 7) is 10.0. The highest BCUT2D eigenvalue weighted by molar-refractivity contribution is 6.01. The van der Waals surface area contributed by atoms with Crippen LogP contribution in [0.15, 0.2) is 41.3 Å². The standard InChI is InChI=1S/C31H36FN5O6/c1-31(2,3)43-30(40)34-19-8-10-36(17-19)29(39)21-18-37-23-6-4-5-7-24(23)42-28-25(22(32)16-20(26(28)37)27(21)38)33-9-11-35-12-14-41-15-13-35/h4-7,16,18-19,33H,8-15,17H2,1-3H3,(H,34,40). The summed E-state index contributed by atoms with van der Waals surface area (Å²) in [6, 6.07) is 8.09. The first-order valence-electron chi connectivity index (χ1n) is 14.6. The first kappa shape index (κ1) is 28.9. The number of benzene rings is 2. The van der Waals surface area contributed by atoms with Gasteiger partial charge in [-0.05, 0) is 45.4 Å². The Morgan fingerprint density at radius 2 is 1.91 bits per heavy atom. The molecule has 43 heavy (non-hydrogen) atoms. The molecule has 12 heteroatoms. The Morgan fingerprint density at radius 3 is 2.67 bits per heavy atom. The van der Waals surface area contributed by atoms with Gasteiger partial charge in [0.1, 0.15) is 22.4 Å². The molecule has 3 aromatic rings. The highest BCUT2D eigenvalue weighted by atomic mass is 19.1. The van der Waals surface area contributed by atoms with Crippen molar-refractivity contribution in [2.75, 3.05) is 57.8 Å². The number of nitrogens with one attached hydrogen (secondary N) is 2. The molecular weight excluding hydrogens is 557 g/mol. The second-order valence-corrected chi connectivity index (χ2v) is 12.0. The molecule has 0 saturated carbocycles. The molecule has 4 heterocycles. The lowest BCUT2D eigenvalue weighted by Gasteiger charge is -2.28. The van der Waals surface area contributed by atoms with Crippen LogP contribution in [0.3, 0.4) is 0 Å². The lowest BCUT2D eigenvalue weighted by atomic mass is 10.1. The Morgan fingerprint density at radius 1 is 1.14 bits per heavy atom. The van der Waals surface area contributed by atoms with E-state index in [-0.39, 0.29) is 35.0 Å². The average molecular weight is 594 g/mol. The number of pyridine rings is 1. The Bertz CT molecular complexity index is 1630. The van der Waals surface area contributed by atoms with Crippen molar-refractivity contribution in [1.29, 1.82) is 0 Å². The fraction of sp³-hybridized carbons (Fsp3) is 0.452. The SMILES string of the molecule is CC(C)(C)OC(=O)NC1CCN(C(=O)c2cn3c4c(c(NCCN5CCOCC5)c(F)cc4c2=O)Oc2ccccc2-3)C1. The van der Waals surface area contributed by atoms with E-state index in [9.17, 15) is 14.4 Å². The Kier molecular flexibility index (Phi) is 7.74. The average Bonchev–Trinajstić information content (AvgIpc) is 3.43. The number of carbonyl (C=O) groups excluding carboxylic acids is 2. The van der Waals surface area contributed by atoms with Gasteiger partial charge in [0.25, 0.3) is 5.91 Å². The quantitative estimate of drug-likeness (QED) is 0.348. The van der Waals surface area contributed by atoms with Crippen LogP contribution in [0.1, 0.15) is 37.6 Å². The number of likely N-dealkylation sites (tertiary alicyclic amines) is 1. The minimum absolute atomic E-state index is 0.0502. The van der Waals surface area contributed by atoms with Crippen LogP contribution in [0.2, 0.25) is 0 Å². The van der Waals surface area contributed by atoms with Crippen molar-refractivity contribution in [3.63, 3.8) is 0 Å². The zero-order valence-electron chi connectivity index (χ0n) is 24.6. The number of fused-ring (bicyclic) bond motifs is 2. The first-order chi connectivity index (χ1) is 20.6. The van der Waals surface area contributed by atoms with Crippen LogP contribution >= 0.6 is 0 Å². The molecule has 1 aromatic heterocycles. The maximum atomic E-state index is 15.7. The minimum atomic E-state index is -0.647. The lowest BCUT2D eigenvalue weighted by molar-refractivity contribution is 0.0398. The molecule has 0 aliphatic carbocycles. The van der Waals surface area contributed by atoms with Crippen LogP contribution in [0.25, 0.3) is 16.6 Å². The molecule has 2 N–H and O–H groups in total. The summed E-state index contributed by atoms with van der Waals surface area (Å²) in [5.41, 5.74) is -0.125. The number of rotatable bonds is 6. The number of anilines is 1. The maximum absolute atomic E-state index is 15.7. The van der Waals surface area contributed by atoms with Gasteiger partial charge >= 0.3 is 6.09 Å². The molecule has 1 atom stereocenters. The van der Waals surface area contributed by atoms with Crippen molar-refractivity contribution in [1.82, 2.24) is 19.7 Å². The van der Waals surface area contributed by atoms with Crippen LogP contribution in [0.5, 0.6) is 11.5 Å². The van der Waals surface area contributed by atoms with E-state index in [1.54, 1.807) is 31.4 Å². The van der Waals surface area contributed by atoms with E-state index < -0.39 is 28.8 Å². The highest BCUT2D eigenvalue weighted by Crippen LogP contribution is 2.45. The number of hydrogen-bond donors (Lipinski definition) is 2. The van der Waals surface area contributed by atoms with Crippen LogP contribution < -0.4 is 20.8 Å². The Hall–Kier alpha value is -4.16. The fourth-order valence-corrected chi connectivity index (χ4v) is 5.76. The summed E-state index contributed by atoms with van der Waals surface area (Å²) >= 11 is 0. The molecule has 6 rings (SSSR count). The molecule has 3 aliphatic heterocycles. The Labute approximate surface area is 248 Å². The van der Waals surface area contributed by atoms with Gasteiger partial charge in [-0.15, -0.1) is 0 Å². The van der Waals surface area contributed by atoms with Crippen molar-refractivity contribution < 1.29 is 28.2 Å². The number of halogens is 1. The molecule has 228 valence electrons. The number of nitrogens with zero attached hydrogens (tertiary/aromatic N) is 3. The van der Waals surface area contributed by atoms with Gasteiger partial charge in [-0.25, -0.2) is 9.18 Å². The van der Waals surface area contributed by atoms with Gasteiger partial charge < -0.3 is 34.3 Å². The van der Waals surface area contributed by atoms with Crippen LogP contribution in [0, 0.1) is 5.82 Å². The van der Waals surface area contributed by atoms with Crippen molar-refractivity contribution in [3.8, 4) is 17.2 Å². The highest BCUT2D eigenvalue weighted by Gasteiger charge is 2.33. The molecule has 0 spiro atoms. The zero-order chi connectivity index (χ0) is 30.3. The third-order valence-corrected chi connectivity index (χ3v) is 7.79. The summed E-state index contributed by atoms with van der Waals surface area (Å²) in [6.07, 6.45) is 1.47. The second kappa shape index (κ2) is 11.5. The first-order valence-corrected chi connectivity index (χ1v) is 14.6. The van der Waals surface area contributed by atoms with E-state index in [0.717, 1.165) is 13.1 Å². The number of morpholine rings is 1. The van der Waals surface area contributed by atoms with Gasteiger partial charge in [-0.3, -0.25) is 14.5 Å². The summed E-state index contributed by atoms with van der Waals surface area (Å²) in [5, 5.41) is 6.03. The van der Waals surface area contributed by atoms with Gasteiger partial charge in [0.05, 0.1) is 30.3 Å². The van der Waals surface area contributed by atoms with Crippen molar-refractivity contribution in [2.24, 2.45) is 0 Å². The number of amides is 2. The predicted molar refractivity (Wildman–Crippen MR) is 159 cm³/mol. The zero-order valence-corrected chi connectivity index (χ0v) is 24.6. The molecular formula is C31H36FN5O6. The van der Waals surface area contributed by atoms with Gasteiger partial charge in [0.15, 0.2) is 17.3 Å². The number of ether oxygens (including phenoxy) is 3. The van der Waals surface area contributed by atoms with Gasteiger partial charge in [-0.1, -0.05) is 12.1 Å². The largest absolute Gasteiger partial charge is 0.451 e. The smallest absolute Gasteiger partial charge is 0.407 e. The van der Waals surface area contributed by atoms with E-state index in [0.29, 0.717) is 56.2 Å². The maximum Gasteiger partial charge on any atom is 0.407 e. The van der Waals surface area contributed by atoms with Crippen molar-refractivity contribution in [3.05, 3.63) is 58.1 Å². The van der Waals surface area contributed by atoms with Crippen LogP contribution in [-0.2, 0) is 9.47 Å². The van der Waals surface area contributed by atoms with E-state index in [2.05, 4.69) is 15.5 Å². The fourth-order valence-electron chi connectivity index (χ4n) is 5.76. The van der Waals surface area contributed by atoms with Crippen LogP contribution in [-0.4, -0.2) is 90.5 Å². The molecule has 2 aromatic carbocycles.